The Morgan fingerprint density at radius 2 is 1.69 bits per heavy atom. The molecule has 0 spiro atoms. The monoisotopic (exact) mass is 492 g/mol. The van der Waals surface area contributed by atoms with E-state index in [1.165, 1.54) is 38.5 Å². The fourth-order valence-corrected chi connectivity index (χ4v) is 3.83. The van der Waals surface area contributed by atoms with Gasteiger partial charge in [-0.3, -0.25) is 4.79 Å². The van der Waals surface area contributed by atoms with Gasteiger partial charge in [-0.25, -0.2) is 0 Å². The van der Waals surface area contributed by atoms with Gasteiger partial charge in [0.05, 0.1) is 20.8 Å². The first kappa shape index (κ1) is 24.6. The van der Waals surface area contributed by atoms with Gasteiger partial charge in [0.15, 0.2) is 17.3 Å². The second-order valence-electron chi connectivity index (χ2n) is 7.81. The summed E-state index contributed by atoms with van der Waals surface area (Å²) in [6, 6.07) is 6.60. The van der Waals surface area contributed by atoms with Gasteiger partial charge in [-0.05, 0) is 18.2 Å². The molecule has 1 aliphatic rings. The van der Waals surface area contributed by atoms with E-state index in [9.17, 15) is 35.4 Å². The van der Waals surface area contributed by atoms with Gasteiger partial charge >= 0.3 is 0 Å². The number of aromatic hydroxyl groups is 2. The van der Waals surface area contributed by atoms with Crippen molar-refractivity contribution < 1.29 is 54.0 Å². The van der Waals surface area contributed by atoms with Gasteiger partial charge in [0, 0.05) is 17.7 Å². The number of hydrogen-bond donors (Lipinski definition) is 6. The van der Waals surface area contributed by atoms with Crippen LogP contribution in [-0.4, -0.2) is 82.2 Å². The van der Waals surface area contributed by atoms with Crippen molar-refractivity contribution in [3.05, 3.63) is 40.6 Å². The molecule has 188 valence electrons. The Morgan fingerprint density at radius 1 is 0.943 bits per heavy atom. The summed E-state index contributed by atoms with van der Waals surface area (Å²) < 4.78 is 26.9. The second-order valence-corrected chi connectivity index (χ2v) is 7.81. The van der Waals surface area contributed by atoms with E-state index in [0.29, 0.717) is 0 Å². The van der Waals surface area contributed by atoms with Crippen molar-refractivity contribution in [2.75, 3.05) is 20.8 Å². The van der Waals surface area contributed by atoms with Crippen LogP contribution in [0.1, 0.15) is 0 Å². The minimum Gasteiger partial charge on any atom is -0.507 e. The third-order valence-electron chi connectivity index (χ3n) is 5.65. The molecule has 4 rings (SSSR count). The Morgan fingerprint density at radius 3 is 2.31 bits per heavy atom. The molecule has 0 radical (unpaired) electrons. The van der Waals surface area contributed by atoms with Gasteiger partial charge in [-0.2, -0.15) is 0 Å². The molecule has 2 aromatic carbocycles. The number of benzene rings is 2. The Hall–Kier alpha value is -3.55. The number of ether oxygens (including phenoxy) is 4. The van der Waals surface area contributed by atoms with Crippen LogP contribution in [0.3, 0.4) is 0 Å². The number of aliphatic hydroxyl groups excluding tert-OH is 4. The van der Waals surface area contributed by atoms with Crippen molar-refractivity contribution >= 4 is 11.0 Å². The van der Waals surface area contributed by atoms with E-state index in [1.54, 1.807) is 0 Å². The lowest BCUT2D eigenvalue weighted by atomic mass is 9.99. The van der Waals surface area contributed by atoms with Crippen LogP contribution < -0.4 is 19.6 Å². The Kier molecular flexibility index (Phi) is 6.74. The molecule has 0 amide bonds. The first-order valence-electron chi connectivity index (χ1n) is 10.4. The molecule has 5 unspecified atom stereocenters. The molecule has 1 fully saturated rings. The lowest BCUT2D eigenvalue weighted by Crippen LogP contribution is -2.60. The lowest BCUT2D eigenvalue weighted by Gasteiger charge is -2.39. The number of aliphatic hydroxyl groups is 4. The molecule has 3 aromatic rings. The molecule has 12 nitrogen and oxygen atoms in total. The number of methoxy groups -OCH3 is 2. The molecule has 0 saturated carbocycles. The van der Waals surface area contributed by atoms with Crippen LogP contribution in [0.15, 0.2) is 39.5 Å². The van der Waals surface area contributed by atoms with E-state index < -0.39 is 48.5 Å². The van der Waals surface area contributed by atoms with Gasteiger partial charge in [0.25, 0.3) is 0 Å². The summed E-state index contributed by atoms with van der Waals surface area (Å²) in [6.45, 7) is -0.652. The summed E-state index contributed by atoms with van der Waals surface area (Å²) in [4.78, 5) is 13.1. The number of phenolic OH excluding ortho intramolecular Hbond substituents is 2. The van der Waals surface area contributed by atoms with Crippen molar-refractivity contribution in [3.8, 4) is 40.1 Å². The quantitative estimate of drug-likeness (QED) is 0.272. The van der Waals surface area contributed by atoms with Crippen molar-refractivity contribution in [1.82, 2.24) is 0 Å². The summed E-state index contributed by atoms with van der Waals surface area (Å²) in [6.07, 6.45) is -7.66. The van der Waals surface area contributed by atoms with E-state index in [2.05, 4.69) is 0 Å². The largest absolute Gasteiger partial charge is 0.507 e. The smallest absolute Gasteiger partial charge is 0.239 e. The third-order valence-corrected chi connectivity index (χ3v) is 5.65. The standard InChI is InChI=1S/C23H24O12/c1-31-13-4-3-9(5-11(13)25)21-22(32-2)18(28)16-12(26)6-10(7-14(16)34-21)33-23-20(30)19(29)17(27)15(8-24)35-23/h3-7,15,17,19-20,23-27,29-30H,8H2,1-2H3. The molecule has 35 heavy (non-hydrogen) atoms. The maximum Gasteiger partial charge on any atom is 0.239 e. The normalized spacial score (nSPS) is 24.3. The zero-order chi connectivity index (χ0) is 25.4. The highest BCUT2D eigenvalue weighted by Gasteiger charge is 2.44. The fourth-order valence-electron chi connectivity index (χ4n) is 3.83. The maximum absolute atomic E-state index is 13.1. The minimum atomic E-state index is -1.69. The molecule has 5 atom stereocenters. The zero-order valence-electron chi connectivity index (χ0n) is 18.6. The average molecular weight is 492 g/mol. The highest BCUT2D eigenvalue weighted by atomic mass is 16.7. The second kappa shape index (κ2) is 9.60. The van der Waals surface area contributed by atoms with E-state index >= 15 is 0 Å². The van der Waals surface area contributed by atoms with Crippen LogP contribution >= 0.6 is 0 Å². The maximum atomic E-state index is 13.1. The molecular weight excluding hydrogens is 468 g/mol. The number of hydrogen-bond acceptors (Lipinski definition) is 12. The highest BCUT2D eigenvalue weighted by Crippen LogP contribution is 2.39. The summed E-state index contributed by atoms with van der Waals surface area (Å²) in [5.74, 6) is -0.928. The molecule has 0 aliphatic carbocycles. The van der Waals surface area contributed by atoms with Crippen LogP contribution in [0.5, 0.6) is 28.7 Å². The molecular formula is C23H24O12. The summed E-state index contributed by atoms with van der Waals surface area (Å²) in [7, 11) is 2.63. The molecule has 1 aromatic heterocycles. The van der Waals surface area contributed by atoms with Gasteiger partial charge in [-0.15, -0.1) is 0 Å². The number of fused-ring (bicyclic) bond motifs is 1. The van der Waals surface area contributed by atoms with Crippen LogP contribution in [0.4, 0.5) is 0 Å². The van der Waals surface area contributed by atoms with Gasteiger partial charge in [-0.1, -0.05) is 0 Å². The van der Waals surface area contributed by atoms with Gasteiger partial charge in [0.2, 0.25) is 17.5 Å². The van der Waals surface area contributed by atoms with Crippen molar-refractivity contribution in [1.29, 1.82) is 0 Å². The lowest BCUT2D eigenvalue weighted by molar-refractivity contribution is -0.277. The van der Waals surface area contributed by atoms with Crippen LogP contribution in [-0.2, 0) is 4.74 Å². The van der Waals surface area contributed by atoms with Crippen molar-refractivity contribution in [2.24, 2.45) is 0 Å². The van der Waals surface area contributed by atoms with Crippen molar-refractivity contribution in [2.45, 2.75) is 30.7 Å². The molecule has 0 bridgehead atoms. The number of phenols is 2. The third kappa shape index (κ3) is 4.33. The Bertz CT molecular complexity index is 1280. The summed E-state index contributed by atoms with van der Waals surface area (Å²) in [5, 5.41) is 59.9. The van der Waals surface area contributed by atoms with Crippen LogP contribution in [0.25, 0.3) is 22.3 Å². The Labute approximate surface area is 197 Å². The molecule has 12 heteroatoms. The topological polar surface area (TPSA) is 189 Å². The SMILES string of the molecule is COc1ccc(-c2oc3cc(OC4OC(CO)C(O)C(O)C4O)cc(O)c3c(=O)c2OC)cc1O. The van der Waals surface area contributed by atoms with E-state index in [4.69, 9.17) is 23.4 Å². The molecule has 6 N–H and O–H groups in total. The fraction of sp³-hybridized carbons (Fsp3) is 0.348. The van der Waals surface area contributed by atoms with E-state index in [1.807, 2.05) is 0 Å². The molecule has 1 saturated heterocycles. The number of rotatable bonds is 6. The van der Waals surface area contributed by atoms with Crippen molar-refractivity contribution in [3.63, 3.8) is 0 Å². The van der Waals surface area contributed by atoms with Gasteiger partial charge < -0.3 is 54.0 Å². The summed E-state index contributed by atoms with van der Waals surface area (Å²) >= 11 is 0. The Balaban J connectivity index is 1.79. The molecule has 1 aliphatic heterocycles. The highest BCUT2D eigenvalue weighted by molar-refractivity contribution is 5.88. The van der Waals surface area contributed by atoms with Crippen LogP contribution in [0.2, 0.25) is 0 Å². The minimum absolute atomic E-state index is 0.0488. The predicted molar refractivity (Wildman–Crippen MR) is 119 cm³/mol. The predicted octanol–water partition coefficient (Wildman–Crippen LogP) is 0.0671. The van der Waals surface area contributed by atoms with E-state index in [-0.39, 0.29) is 45.3 Å². The first-order chi connectivity index (χ1) is 16.7. The first-order valence-corrected chi connectivity index (χ1v) is 10.4. The average Bonchev–Trinajstić information content (AvgIpc) is 2.83. The van der Waals surface area contributed by atoms with Gasteiger partial charge in [0.1, 0.15) is 46.9 Å². The zero-order valence-corrected chi connectivity index (χ0v) is 18.6. The van der Waals surface area contributed by atoms with E-state index in [0.717, 1.165) is 6.07 Å². The summed E-state index contributed by atoms with van der Waals surface area (Å²) in [5.41, 5.74) is -0.546. The molecule has 2 heterocycles. The van der Waals surface area contributed by atoms with Crippen LogP contribution in [0, 0.1) is 0 Å².